The Hall–Kier alpha value is -1.89. The van der Waals surface area contributed by atoms with Crippen molar-refractivity contribution in [3.8, 4) is 0 Å². The Morgan fingerprint density at radius 1 is 1.12 bits per heavy atom. The van der Waals surface area contributed by atoms with Gasteiger partial charge in [0.15, 0.2) is 0 Å². The minimum Gasteiger partial charge on any atom is -0.462 e. The number of carbonyl (C=O) groups is 1. The molecule has 0 aliphatic rings. The summed E-state index contributed by atoms with van der Waals surface area (Å²) in [6, 6.07) is 12.8. The fraction of sp³-hybridized carbons (Fsp3) is 0.278. The molecule has 0 saturated heterocycles. The van der Waals surface area contributed by atoms with Gasteiger partial charge in [0, 0.05) is 18.1 Å². The van der Waals surface area contributed by atoms with Crippen LogP contribution in [0.2, 0.25) is 5.02 Å². The second-order valence-corrected chi connectivity index (χ2v) is 7.68. The zero-order chi connectivity index (χ0) is 18.4. The summed E-state index contributed by atoms with van der Waals surface area (Å²) >= 11 is 5.96. The molecule has 5 nitrogen and oxygen atoms in total. The first kappa shape index (κ1) is 19.4. The molecule has 0 aromatic heterocycles. The third-order valence-electron chi connectivity index (χ3n) is 3.60. The number of benzene rings is 2. The molecule has 0 amide bonds. The maximum absolute atomic E-state index is 12.8. The van der Waals surface area contributed by atoms with E-state index in [-0.39, 0.29) is 18.0 Å². The molecule has 0 radical (unpaired) electrons. The van der Waals surface area contributed by atoms with Gasteiger partial charge in [-0.25, -0.2) is 13.2 Å². The van der Waals surface area contributed by atoms with Gasteiger partial charge < -0.3 is 4.74 Å². The summed E-state index contributed by atoms with van der Waals surface area (Å²) < 4.78 is 31.9. The molecule has 0 N–H and O–H groups in total. The Morgan fingerprint density at radius 3 is 2.36 bits per heavy atom. The zero-order valence-corrected chi connectivity index (χ0v) is 15.7. The average molecular weight is 382 g/mol. The molecule has 0 atom stereocenters. The highest BCUT2D eigenvalue weighted by Crippen LogP contribution is 2.20. The minimum absolute atomic E-state index is 0.129. The van der Waals surface area contributed by atoms with Crippen LogP contribution in [0.1, 0.15) is 29.8 Å². The third kappa shape index (κ3) is 4.81. The van der Waals surface area contributed by atoms with Crippen LogP contribution in [-0.4, -0.2) is 31.8 Å². The van der Waals surface area contributed by atoms with Gasteiger partial charge in [0.05, 0.1) is 17.1 Å². The standard InChI is InChI=1S/C18H20ClNO4S/c1-3-20(13-14-6-5-7-16(19)12-14)25(22,23)17-10-8-15(9-11-17)18(21)24-4-2/h5-12H,3-4,13H2,1-2H3. The molecule has 0 aliphatic heterocycles. The zero-order valence-electron chi connectivity index (χ0n) is 14.1. The SMILES string of the molecule is CCOC(=O)c1ccc(S(=O)(=O)N(CC)Cc2cccc(Cl)c2)cc1. The predicted octanol–water partition coefficient (Wildman–Crippen LogP) is 3.73. The summed E-state index contributed by atoms with van der Waals surface area (Å²) in [7, 11) is -3.68. The summed E-state index contributed by atoms with van der Waals surface area (Å²) in [4.78, 5) is 11.8. The summed E-state index contributed by atoms with van der Waals surface area (Å²) in [6.07, 6.45) is 0. The maximum atomic E-state index is 12.8. The van der Waals surface area contributed by atoms with Crippen LogP contribution >= 0.6 is 11.6 Å². The van der Waals surface area contributed by atoms with Crippen molar-refractivity contribution in [3.63, 3.8) is 0 Å². The van der Waals surface area contributed by atoms with E-state index in [0.29, 0.717) is 17.1 Å². The largest absolute Gasteiger partial charge is 0.462 e. The van der Waals surface area contributed by atoms with E-state index in [9.17, 15) is 13.2 Å². The van der Waals surface area contributed by atoms with Crippen molar-refractivity contribution in [2.24, 2.45) is 0 Å². The molecule has 2 aromatic rings. The van der Waals surface area contributed by atoms with Crippen molar-refractivity contribution < 1.29 is 17.9 Å². The van der Waals surface area contributed by atoms with E-state index in [1.54, 1.807) is 32.0 Å². The van der Waals surface area contributed by atoms with E-state index >= 15 is 0 Å². The van der Waals surface area contributed by atoms with Crippen LogP contribution in [0.5, 0.6) is 0 Å². The quantitative estimate of drug-likeness (QED) is 0.685. The molecular weight excluding hydrogens is 362 g/mol. The molecule has 0 spiro atoms. The van der Waals surface area contributed by atoms with Crippen molar-refractivity contribution >= 4 is 27.6 Å². The van der Waals surface area contributed by atoms with Crippen LogP contribution in [0.15, 0.2) is 53.4 Å². The fourth-order valence-corrected chi connectivity index (χ4v) is 3.98. The summed E-state index contributed by atoms with van der Waals surface area (Å²) in [5.74, 6) is -0.474. The van der Waals surface area contributed by atoms with E-state index in [2.05, 4.69) is 0 Å². The van der Waals surface area contributed by atoms with E-state index in [4.69, 9.17) is 16.3 Å². The van der Waals surface area contributed by atoms with Crippen LogP contribution < -0.4 is 0 Å². The van der Waals surface area contributed by atoms with Crippen LogP contribution in [0.3, 0.4) is 0 Å². The summed E-state index contributed by atoms with van der Waals surface area (Å²) in [5.41, 5.74) is 1.12. The summed E-state index contributed by atoms with van der Waals surface area (Å²) in [6.45, 7) is 4.29. The highest BCUT2D eigenvalue weighted by molar-refractivity contribution is 7.89. The monoisotopic (exact) mass is 381 g/mol. The van der Waals surface area contributed by atoms with Crippen molar-refractivity contribution in [2.45, 2.75) is 25.3 Å². The number of halogens is 1. The first-order valence-corrected chi connectivity index (χ1v) is 9.72. The Balaban J connectivity index is 2.24. The Morgan fingerprint density at radius 2 is 1.80 bits per heavy atom. The van der Waals surface area contributed by atoms with Crippen molar-refractivity contribution in [2.75, 3.05) is 13.2 Å². The molecule has 2 aromatic carbocycles. The third-order valence-corrected chi connectivity index (χ3v) is 5.77. The van der Waals surface area contributed by atoms with Gasteiger partial charge in [-0.3, -0.25) is 0 Å². The number of sulfonamides is 1. The van der Waals surface area contributed by atoms with Crippen LogP contribution in [-0.2, 0) is 21.3 Å². The second-order valence-electron chi connectivity index (χ2n) is 5.31. The number of carbonyl (C=O) groups excluding carboxylic acids is 1. The number of esters is 1. The molecule has 0 bridgehead atoms. The van der Waals surface area contributed by atoms with Gasteiger partial charge in [-0.15, -0.1) is 0 Å². The molecule has 0 heterocycles. The number of hydrogen-bond donors (Lipinski definition) is 0. The average Bonchev–Trinajstić information content (AvgIpc) is 2.60. The van der Waals surface area contributed by atoms with Gasteiger partial charge in [0.2, 0.25) is 10.0 Å². The lowest BCUT2D eigenvalue weighted by atomic mass is 10.2. The van der Waals surface area contributed by atoms with Crippen LogP contribution in [0.25, 0.3) is 0 Å². The van der Waals surface area contributed by atoms with Gasteiger partial charge in [-0.05, 0) is 48.9 Å². The molecule has 7 heteroatoms. The lowest BCUT2D eigenvalue weighted by Gasteiger charge is -2.21. The Labute approximate surface area is 153 Å². The van der Waals surface area contributed by atoms with E-state index in [1.807, 2.05) is 6.07 Å². The van der Waals surface area contributed by atoms with E-state index in [1.165, 1.54) is 28.6 Å². The van der Waals surface area contributed by atoms with Crippen molar-refractivity contribution in [3.05, 3.63) is 64.7 Å². The van der Waals surface area contributed by atoms with Crippen LogP contribution in [0, 0.1) is 0 Å². The van der Waals surface area contributed by atoms with Crippen molar-refractivity contribution in [1.82, 2.24) is 4.31 Å². The van der Waals surface area contributed by atoms with E-state index < -0.39 is 16.0 Å². The maximum Gasteiger partial charge on any atom is 0.338 e. The molecule has 0 aliphatic carbocycles. The van der Waals surface area contributed by atoms with Crippen molar-refractivity contribution in [1.29, 1.82) is 0 Å². The molecule has 0 saturated carbocycles. The predicted molar refractivity (Wildman–Crippen MR) is 97.1 cm³/mol. The Bertz CT molecular complexity index is 834. The lowest BCUT2D eigenvalue weighted by Crippen LogP contribution is -2.30. The van der Waals surface area contributed by atoms with Gasteiger partial charge in [-0.2, -0.15) is 4.31 Å². The molecule has 134 valence electrons. The molecule has 25 heavy (non-hydrogen) atoms. The molecule has 0 unspecified atom stereocenters. The van der Waals surface area contributed by atoms with Gasteiger partial charge in [0.25, 0.3) is 0 Å². The molecular formula is C18H20ClNO4S. The van der Waals surface area contributed by atoms with Gasteiger partial charge >= 0.3 is 5.97 Å². The molecule has 0 fully saturated rings. The number of nitrogens with zero attached hydrogens (tertiary/aromatic N) is 1. The number of hydrogen-bond acceptors (Lipinski definition) is 4. The number of rotatable bonds is 7. The Kier molecular flexibility index (Phi) is 6.58. The highest BCUT2D eigenvalue weighted by atomic mass is 35.5. The number of ether oxygens (including phenoxy) is 1. The lowest BCUT2D eigenvalue weighted by molar-refractivity contribution is 0.0526. The topological polar surface area (TPSA) is 63.7 Å². The van der Waals surface area contributed by atoms with Crippen LogP contribution in [0.4, 0.5) is 0 Å². The normalized spacial score (nSPS) is 11.5. The first-order chi connectivity index (χ1) is 11.9. The first-order valence-electron chi connectivity index (χ1n) is 7.90. The van der Waals surface area contributed by atoms with E-state index in [0.717, 1.165) is 5.56 Å². The minimum atomic E-state index is -3.68. The van der Waals surface area contributed by atoms with Gasteiger partial charge in [-0.1, -0.05) is 30.7 Å². The van der Waals surface area contributed by atoms with Gasteiger partial charge in [0.1, 0.15) is 0 Å². The molecule has 2 rings (SSSR count). The smallest absolute Gasteiger partial charge is 0.338 e. The fourth-order valence-electron chi connectivity index (χ4n) is 2.33. The highest BCUT2D eigenvalue weighted by Gasteiger charge is 2.23. The second kappa shape index (κ2) is 8.47. The summed E-state index contributed by atoms with van der Waals surface area (Å²) in [5, 5.41) is 0.560.